The summed E-state index contributed by atoms with van der Waals surface area (Å²) in [5.74, 6) is 1.33. The summed E-state index contributed by atoms with van der Waals surface area (Å²) in [6.45, 7) is 4.17. The van der Waals surface area contributed by atoms with Crippen molar-refractivity contribution in [2.75, 3.05) is 31.1 Å². The van der Waals surface area contributed by atoms with Gasteiger partial charge in [0.15, 0.2) is 10.6 Å². The molecule has 2 heterocycles. The molecular weight excluding hydrogens is 452 g/mol. The first kappa shape index (κ1) is 22.3. The highest BCUT2D eigenvalue weighted by Gasteiger charge is 2.19. The number of nitro benzene ring substituents is 1. The predicted molar refractivity (Wildman–Crippen MR) is 125 cm³/mol. The van der Waals surface area contributed by atoms with Crippen molar-refractivity contribution in [1.82, 2.24) is 19.2 Å². The Bertz CT molecular complexity index is 1160. The lowest BCUT2D eigenvalue weighted by molar-refractivity contribution is -0.384. The molecule has 168 valence electrons. The largest absolute Gasteiger partial charge is 0.484 e. The summed E-state index contributed by atoms with van der Waals surface area (Å²) in [5.41, 5.74) is 1.09. The van der Waals surface area contributed by atoms with E-state index in [0.717, 1.165) is 37.7 Å². The molecule has 0 spiro atoms. The highest BCUT2D eigenvalue weighted by Crippen LogP contribution is 2.24. The van der Waals surface area contributed by atoms with E-state index in [1.807, 2.05) is 34.5 Å². The quantitative estimate of drug-likeness (QED) is 0.292. The molecule has 2 aromatic carbocycles. The Labute approximate surface area is 195 Å². The number of nitrogens with zero attached hydrogens (tertiary/aromatic N) is 6. The van der Waals surface area contributed by atoms with Crippen LogP contribution < -0.4 is 9.64 Å². The van der Waals surface area contributed by atoms with Gasteiger partial charge in [-0.25, -0.2) is 4.68 Å². The molecule has 4 rings (SSSR count). The summed E-state index contributed by atoms with van der Waals surface area (Å²) in [7, 11) is 1.88. The number of non-ortho nitro benzene ring substituents is 1. The standard InChI is InChI=1S/C21H23ClN6O3S/c1-24-20(14-31-19-5-3-2-4-18(19)22)23-27(21(24)32)15-25-10-12-26(13-11-25)16-6-8-17(9-7-16)28(29)30/h2-9H,10-15H2,1H3. The Morgan fingerprint density at radius 2 is 1.81 bits per heavy atom. The number of ether oxygens (including phenoxy) is 1. The third-order valence-electron chi connectivity index (χ3n) is 5.46. The molecule has 1 aliphatic heterocycles. The second kappa shape index (κ2) is 9.68. The van der Waals surface area contributed by atoms with E-state index in [1.54, 1.807) is 30.3 Å². The van der Waals surface area contributed by atoms with Crippen molar-refractivity contribution in [2.45, 2.75) is 13.3 Å². The molecule has 1 aliphatic rings. The van der Waals surface area contributed by atoms with Gasteiger partial charge in [-0.15, -0.1) is 0 Å². The Morgan fingerprint density at radius 1 is 1.12 bits per heavy atom. The van der Waals surface area contributed by atoms with Crippen LogP contribution in [0, 0.1) is 14.9 Å². The molecule has 0 atom stereocenters. The summed E-state index contributed by atoms with van der Waals surface area (Å²) >= 11 is 11.7. The van der Waals surface area contributed by atoms with Crippen molar-refractivity contribution in [3.05, 3.63) is 74.3 Å². The third-order valence-corrected chi connectivity index (χ3v) is 6.25. The zero-order valence-electron chi connectivity index (χ0n) is 17.6. The molecule has 0 radical (unpaired) electrons. The normalized spacial score (nSPS) is 14.5. The smallest absolute Gasteiger partial charge is 0.269 e. The van der Waals surface area contributed by atoms with Crippen LogP contribution in [0.5, 0.6) is 5.75 Å². The van der Waals surface area contributed by atoms with Gasteiger partial charge in [-0.05, 0) is 36.5 Å². The second-order valence-electron chi connectivity index (χ2n) is 7.50. The maximum Gasteiger partial charge on any atom is 0.269 e. The van der Waals surface area contributed by atoms with Crippen molar-refractivity contribution < 1.29 is 9.66 Å². The molecule has 0 saturated carbocycles. The first-order valence-electron chi connectivity index (χ1n) is 10.1. The van der Waals surface area contributed by atoms with Crippen LogP contribution in [0.15, 0.2) is 48.5 Å². The first-order chi connectivity index (χ1) is 15.4. The van der Waals surface area contributed by atoms with Gasteiger partial charge in [0.1, 0.15) is 12.4 Å². The van der Waals surface area contributed by atoms with E-state index >= 15 is 0 Å². The maximum atomic E-state index is 10.8. The summed E-state index contributed by atoms with van der Waals surface area (Å²) in [6.07, 6.45) is 0. The molecule has 32 heavy (non-hydrogen) atoms. The Hall–Kier alpha value is -2.95. The van der Waals surface area contributed by atoms with E-state index in [4.69, 9.17) is 28.6 Å². The number of hydrogen-bond donors (Lipinski definition) is 0. The van der Waals surface area contributed by atoms with Crippen LogP contribution in [0.3, 0.4) is 0 Å². The number of halogens is 1. The Morgan fingerprint density at radius 3 is 2.47 bits per heavy atom. The third kappa shape index (κ3) is 4.93. The molecule has 1 saturated heterocycles. The average molecular weight is 475 g/mol. The molecule has 3 aromatic rings. The van der Waals surface area contributed by atoms with Gasteiger partial charge >= 0.3 is 0 Å². The van der Waals surface area contributed by atoms with Crippen molar-refractivity contribution in [3.63, 3.8) is 0 Å². The lowest BCUT2D eigenvalue weighted by Crippen LogP contribution is -2.47. The maximum absolute atomic E-state index is 10.8. The summed E-state index contributed by atoms with van der Waals surface area (Å²) in [5, 5.41) is 16.0. The molecular formula is C21H23ClN6O3S. The zero-order valence-corrected chi connectivity index (χ0v) is 19.1. The zero-order chi connectivity index (χ0) is 22.7. The van der Waals surface area contributed by atoms with Crippen molar-refractivity contribution in [3.8, 4) is 5.75 Å². The predicted octanol–water partition coefficient (Wildman–Crippen LogP) is 3.87. The van der Waals surface area contributed by atoms with Gasteiger partial charge < -0.3 is 14.2 Å². The minimum absolute atomic E-state index is 0.103. The molecule has 0 amide bonds. The van der Waals surface area contributed by atoms with E-state index in [9.17, 15) is 10.1 Å². The summed E-state index contributed by atoms with van der Waals surface area (Å²) < 4.78 is 10.1. The van der Waals surface area contributed by atoms with Gasteiger partial charge in [0.2, 0.25) is 0 Å². The molecule has 0 N–H and O–H groups in total. The summed E-state index contributed by atoms with van der Waals surface area (Å²) in [6, 6.07) is 14.0. The van der Waals surface area contributed by atoms with Gasteiger partial charge in [0.05, 0.1) is 16.6 Å². The van der Waals surface area contributed by atoms with Gasteiger partial charge in [0.25, 0.3) is 5.69 Å². The number of hydrogen-bond acceptors (Lipinski definition) is 7. The molecule has 0 bridgehead atoms. The van der Waals surface area contributed by atoms with Crippen molar-refractivity contribution >= 4 is 35.2 Å². The molecule has 1 fully saturated rings. The SMILES string of the molecule is Cn1c(COc2ccccc2Cl)nn(CN2CCN(c3ccc([N+](=O)[O-])cc3)CC2)c1=S. The topological polar surface area (TPSA) is 81.6 Å². The van der Waals surface area contributed by atoms with E-state index < -0.39 is 0 Å². The van der Waals surface area contributed by atoms with Crippen molar-refractivity contribution in [2.24, 2.45) is 7.05 Å². The minimum Gasteiger partial charge on any atom is -0.484 e. The van der Waals surface area contributed by atoms with Gasteiger partial charge in [-0.1, -0.05) is 23.7 Å². The molecule has 0 aliphatic carbocycles. The number of rotatable bonds is 7. The molecule has 1 aromatic heterocycles. The van der Waals surface area contributed by atoms with Crippen LogP contribution in [-0.4, -0.2) is 50.3 Å². The van der Waals surface area contributed by atoms with Gasteiger partial charge in [-0.3, -0.25) is 15.0 Å². The Balaban J connectivity index is 1.35. The number of piperazine rings is 1. The Kier molecular flexibility index (Phi) is 6.73. The highest BCUT2D eigenvalue weighted by molar-refractivity contribution is 7.71. The number of para-hydroxylation sites is 1. The number of aromatic nitrogens is 3. The monoisotopic (exact) mass is 474 g/mol. The lowest BCUT2D eigenvalue weighted by atomic mass is 10.2. The van der Waals surface area contributed by atoms with Crippen molar-refractivity contribution in [1.29, 1.82) is 0 Å². The number of anilines is 1. The fourth-order valence-electron chi connectivity index (χ4n) is 3.58. The first-order valence-corrected chi connectivity index (χ1v) is 10.9. The number of benzene rings is 2. The molecule has 9 nitrogen and oxygen atoms in total. The van der Waals surface area contributed by atoms with Crippen LogP contribution in [0.1, 0.15) is 5.82 Å². The van der Waals surface area contributed by atoms with Gasteiger partial charge in [-0.2, -0.15) is 5.10 Å². The minimum atomic E-state index is -0.383. The summed E-state index contributed by atoms with van der Waals surface area (Å²) in [4.78, 5) is 15.0. The average Bonchev–Trinajstić information content (AvgIpc) is 3.07. The number of nitro groups is 1. The molecule has 0 unspecified atom stereocenters. The van der Waals surface area contributed by atoms with E-state index in [-0.39, 0.29) is 17.2 Å². The van der Waals surface area contributed by atoms with Crippen LogP contribution in [0.25, 0.3) is 0 Å². The fourth-order valence-corrected chi connectivity index (χ4v) is 3.97. The van der Waals surface area contributed by atoms with Crippen LogP contribution >= 0.6 is 23.8 Å². The van der Waals surface area contributed by atoms with E-state index in [1.165, 1.54) is 0 Å². The lowest BCUT2D eigenvalue weighted by Gasteiger charge is -2.35. The fraction of sp³-hybridized carbons (Fsp3) is 0.333. The van der Waals surface area contributed by atoms with E-state index in [0.29, 0.717) is 22.2 Å². The second-order valence-corrected chi connectivity index (χ2v) is 8.27. The van der Waals surface area contributed by atoms with Gasteiger partial charge in [0, 0.05) is 51.0 Å². The van der Waals surface area contributed by atoms with Crippen LogP contribution in [0.2, 0.25) is 5.02 Å². The van der Waals surface area contributed by atoms with Crippen LogP contribution in [0.4, 0.5) is 11.4 Å². The molecule has 11 heteroatoms. The van der Waals surface area contributed by atoms with E-state index in [2.05, 4.69) is 14.9 Å². The highest BCUT2D eigenvalue weighted by atomic mass is 35.5. The van der Waals surface area contributed by atoms with Crippen LogP contribution in [-0.2, 0) is 20.3 Å².